The van der Waals surface area contributed by atoms with Gasteiger partial charge in [-0.15, -0.1) is 11.8 Å². The number of aromatic amines is 1. The molecule has 2 aromatic carbocycles. The number of aromatic nitrogens is 1. The van der Waals surface area contributed by atoms with Gasteiger partial charge in [0.2, 0.25) is 5.91 Å². The first-order valence-electron chi connectivity index (χ1n) is 7.73. The summed E-state index contributed by atoms with van der Waals surface area (Å²) in [5.74, 6) is -0.366. The topological polar surface area (TPSA) is 44.9 Å². The van der Waals surface area contributed by atoms with Crippen molar-refractivity contribution in [2.45, 2.75) is 24.8 Å². The van der Waals surface area contributed by atoms with Gasteiger partial charge in [-0.2, -0.15) is 0 Å². The summed E-state index contributed by atoms with van der Waals surface area (Å²) in [7, 11) is 0. The van der Waals surface area contributed by atoms with Gasteiger partial charge in [0.05, 0.1) is 6.42 Å². The molecule has 0 saturated carbocycles. The second-order valence-electron chi connectivity index (χ2n) is 5.72. The molecule has 0 radical (unpaired) electrons. The quantitative estimate of drug-likeness (QED) is 0.683. The second kappa shape index (κ2) is 7.09. The summed E-state index contributed by atoms with van der Waals surface area (Å²) in [6.07, 6.45) is 2.26. The number of hydrogen-bond acceptors (Lipinski definition) is 2. The zero-order chi connectivity index (χ0) is 17.1. The van der Waals surface area contributed by atoms with E-state index in [1.807, 2.05) is 31.4 Å². The van der Waals surface area contributed by atoms with E-state index < -0.39 is 0 Å². The molecule has 0 fully saturated rings. The number of carbonyl (C=O) groups is 1. The molecule has 0 spiro atoms. The van der Waals surface area contributed by atoms with Gasteiger partial charge < -0.3 is 10.3 Å². The summed E-state index contributed by atoms with van der Waals surface area (Å²) < 4.78 is 13.5. The van der Waals surface area contributed by atoms with Gasteiger partial charge in [-0.25, -0.2) is 4.39 Å². The van der Waals surface area contributed by atoms with E-state index in [-0.39, 0.29) is 18.1 Å². The number of H-pyrrole nitrogens is 1. The lowest BCUT2D eigenvalue weighted by Gasteiger charge is -2.07. The summed E-state index contributed by atoms with van der Waals surface area (Å²) in [4.78, 5) is 16.7. The molecule has 0 aliphatic heterocycles. The van der Waals surface area contributed by atoms with E-state index >= 15 is 0 Å². The second-order valence-corrected chi connectivity index (χ2v) is 6.60. The number of halogens is 1. The van der Waals surface area contributed by atoms with Crippen LogP contribution in [0.15, 0.2) is 47.4 Å². The first-order valence-corrected chi connectivity index (χ1v) is 8.95. The highest BCUT2D eigenvalue weighted by Crippen LogP contribution is 2.23. The predicted octanol–water partition coefficient (Wildman–Crippen LogP) is 4.20. The minimum Gasteiger partial charge on any atom is -0.358 e. The molecule has 5 heteroatoms. The van der Waals surface area contributed by atoms with Gasteiger partial charge in [-0.1, -0.05) is 12.1 Å². The molecule has 3 rings (SSSR count). The maximum absolute atomic E-state index is 13.5. The van der Waals surface area contributed by atoms with Crippen LogP contribution in [0, 0.1) is 12.7 Å². The van der Waals surface area contributed by atoms with Crippen LogP contribution in [0.25, 0.3) is 10.9 Å². The largest absolute Gasteiger partial charge is 0.358 e. The van der Waals surface area contributed by atoms with Crippen LogP contribution >= 0.6 is 11.8 Å². The molecule has 0 aliphatic carbocycles. The van der Waals surface area contributed by atoms with Crippen LogP contribution in [0.3, 0.4) is 0 Å². The molecular weight excluding hydrogens is 323 g/mol. The fraction of sp³-hybridized carbons (Fsp3) is 0.211. The molecule has 2 N–H and O–H groups in total. The van der Waals surface area contributed by atoms with Gasteiger partial charge in [-0.05, 0) is 54.6 Å². The van der Waals surface area contributed by atoms with E-state index in [2.05, 4.69) is 16.4 Å². The van der Waals surface area contributed by atoms with Gasteiger partial charge in [-0.3, -0.25) is 4.79 Å². The fourth-order valence-electron chi connectivity index (χ4n) is 2.79. The Balaban J connectivity index is 1.71. The Morgan fingerprint density at radius 2 is 2.08 bits per heavy atom. The molecule has 0 aliphatic rings. The number of amides is 1. The predicted molar refractivity (Wildman–Crippen MR) is 96.8 cm³/mol. The molecule has 0 unspecified atom stereocenters. The zero-order valence-corrected chi connectivity index (χ0v) is 14.5. The van der Waals surface area contributed by atoms with Crippen LogP contribution in [0.4, 0.5) is 4.39 Å². The summed E-state index contributed by atoms with van der Waals surface area (Å²) in [6, 6.07) is 12.7. The molecule has 1 heterocycles. The van der Waals surface area contributed by atoms with Crippen molar-refractivity contribution in [2.24, 2.45) is 0 Å². The Hall–Kier alpha value is -2.27. The van der Waals surface area contributed by atoms with Crippen LogP contribution in [0.1, 0.15) is 16.8 Å². The molecule has 1 aromatic heterocycles. The lowest BCUT2D eigenvalue weighted by molar-refractivity contribution is -0.120. The van der Waals surface area contributed by atoms with E-state index in [1.165, 1.54) is 17.0 Å². The summed E-state index contributed by atoms with van der Waals surface area (Å²) in [6.45, 7) is 2.39. The van der Waals surface area contributed by atoms with E-state index in [0.29, 0.717) is 6.54 Å². The average Bonchev–Trinajstić information content (AvgIpc) is 2.88. The Morgan fingerprint density at radius 1 is 1.25 bits per heavy atom. The third kappa shape index (κ3) is 3.62. The number of fused-ring (bicyclic) bond motifs is 1. The van der Waals surface area contributed by atoms with Gasteiger partial charge >= 0.3 is 0 Å². The van der Waals surface area contributed by atoms with Crippen LogP contribution in [-0.4, -0.2) is 17.1 Å². The summed E-state index contributed by atoms with van der Waals surface area (Å²) in [5, 5.41) is 3.71. The molecule has 0 saturated heterocycles. The number of thioether (sulfide) groups is 1. The van der Waals surface area contributed by atoms with Gasteiger partial charge in [0, 0.05) is 28.0 Å². The van der Waals surface area contributed by atoms with Crippen molar-refractivity contribution >= 4 is 28.6 Å². The number of benzene rings is 2. The van der Waals surface area contributed by atoms with Crippen molar-refractivity contribution in [1.29, 1.82) is 0 Å². The van der Waals surface area contributed by atoms with Crippen molar-refractivity contribution in [3.8, 4) is 0 Å². The van der Waals surface area contributed by atoms with Crippen LogP contribution in [0.2, 0.25) is 0 Å². The van der Waals surface area contributed by atoms with Crippen LogP contribution in [-0.2, 0) is 17.8 Å². The zero-order valence-electron chi connectivity index (χ0n) is 13.7. The normalized spacial score (nSPS) is 11.0. The molecular formula is C19H19FN2OS. The third-order valence-corrected chi connectivity index (χ3v) is 4.77. The smallest absolute Gasteiger partial charge is 0.224 e. The Morgan fingerprint density at radius 3 is 2.88 bits per heavy atom. The molecule has 3 nitrogen and oxygen atoms in total. The van der Waals surface area contributed by atoms with Crippen LogP contribution < -0.4 is 5.32 Å². The van der Waals surface area contributed by atoms with E-state index in [4.69, 9.17) is 0 Å². The average molecular weight is 342 g/mol. The SMILES string of the molecule is CSc1cccc(CNC(=O)Cc2c(C)[nH]c3ccc(F)cc23)c1. The number of carbonyl (C=O) groups excluding carboxylic acids is 1. The van der Waals surface area contributed by atoms with Crippen molar-refractivity contribution < 1.29 is 9.18 Å². The number of nitrogens with one attached hydrogen (secondary N) is 2. The molecule has 24 heavy (non-hydrogen) atoms. The van der Waals surface area contributed by atoms with Crippen molar-refractivity contribution in [2.75, 3.05) is 6.26 Å². The Labute approximate surface area is 144 Å². The lowest BCUT2D eigenvalue weighted by atomic mass is 10.1. The highest BCUT2D eigenvalue weighted by Gasteiger charge is 2.13. The number of hydrogen-bond donors (Lipinski definition) is 2. The van der Waals surface area contributed by atoms with Gasteiger partial charge in [0.1, 0.15) is 5.82 Å². The standard InChI is InChI=1S/C19H19FN2OS/c1-12-16(17-9-14(20)6-7-18(17)22-12)10-19(23)21-11-13-4-3-5-15(8-13)24-2/h3-9,22H,10-11H2,1-2H3,(H,21,23). The highest BCUT2D eigenvalue weighted by molar-refractivity contribution is 7.98. The molecule has 1 amide bonds. The maximum Gasteiger partial charge on any atom is 0.224 e. The van der Waals surface area contributed by atoms with Crippen LogP contribution in [0.5, 0.6) is 0 Å². The molecule has 3 aromatic rings. The summed E-state index contributed by atoms with van der Waals surface area (Å²) >= 11 is 1.67. The van der Waals surface area contributed by atoms with E-state index in [0.717, 1.165) is 27.7 Å². The summed E-state index contributed by atoms with van der Waals surface area (Å²) in [5.41, 5.74) is 3.66. The minimum atomic E-state index is -0.294. The fourth-order valence-corrected chi connectivity index (χ4v) is 3.27. The van der Waals surface area contributed by atoms with Gasteiger partial charge in [0.25, 0.3) is 0 Å². The first kappa shape index (κ1) is 16.6. The van der Waals surface area contributed by atoms with E-state index in [1.54, 1.807) is 17.8 Å². The number of aryl methyl sites for hydroxylation is 1. The number of rotatable bonds is 5. The highest BCUT2D eigenvalue weighted by atomic mass is 32.2. The minimum absolute atomic E-state index is 0.0715. The maximum atomic E-state index is 13.5. The van der Waals surface area contributed by atoms with Crippen molar-refractivity contribution in [1.82, 2.24) is 10.3 Å². The Kier molecular flexibility index (Phi) is 4.90. The van der Waals surface area contributed by atoms with Gasteiger partial charge in [0.15, 0.2) is 0 Å². The molecule has 124 valence electrons. The molecule has 0 atom stereocenters. The van der Waals surface area contributed by atoms with Crippen molar-refractivity contribution in [3.05, 3.63) is 65.1 Å². The molecule has 0 bridgehead atoms. The lowest BCUT2D eigenvalue weighted by Crippen LogP contribution is -2.24. The monoisotopic (exact) mass is 342 g/mol. The third-order valence-electron chi connectivity index (χ3n) is 4.04. The Bertz CT molecular complexity index is 888. The van der Waals surface area contributed by atoms with Crippen molar-refractivity contribution in [3.63, 3.8) is 0 Å². The van der Waals surface area contributed by atoms with E-state index in [9.17, 15) is 9.18 Å². The first-order chi connectivity index (χ1) is 11.6.